The molecular weight excluding hydrogens is 380 g/mol. The fourth-order valence-corrected chi connectivity index (χ4v) is 5.49. The Kier molecular flexibility index (Phi) is 4.26. The largest absolute Gasteiger partial charge is 0.355 e. The molecular formula is C19H21ClN6S. The average Bonchev–Trinajstić information content (AvgIpc) is 3.25. The van der Waals surface area contributed by atoms with Crippen molar-refractivity contribution >= 4 is 39.0 Å². The van der Waals surface area contributed by atoms with Gasteiger partial charge in [0, 0.05) is 49.2 Å². The minimum Gasteiger partial charge on any atom is -0.355 e. The van der Waals surface area contributed by atoms with Crippen LogP contribution in [0.5, 0.6) is 0 Å². The third-order valence-corrected chi connectivity index (χ3v) is 7.00. The Balaban J connectivity index is 1.28. The summed E-state index contributed by atoms with van der Waals surface area (Å²) in [5.74, 6) is 1.11. The van der Waals surface area contributed by atoms with Crippen LogP contribution in [0.25, 0.3) is 10.2 Å². The van der Waals surface area contributed by atoms with Crippen LogP contribution in [0.15, 0.2) is 24.7 Å². The zero-order chi connectivity index (χ0) is 18.4. The Labute approximate surface area is 167 Å². The van der Waals surface area contributed by atoms with Crippen LogP contribution in [0, 0.1) is 5.41 Å². The van der Waals surface area contributed by atoms with Crippen LogP contribution in [-0.2, 0) is 13.0 Å². The molecule has 1 spiro atoms. The highest BCUT2D eigenvalue weighted by Crippen LogP contribution is 2.43. The molecule has 0 unspecified atom stereocenters. The summed E-state index contributed by atoms with van der Waals surface area (Å²) in [6.07, 6.45) is 5.70. The molecule has 0 aliphatic carbocycles. The normalized spacial score (nSPS) is 19.1. The van der Waals surface area contributed by atoms with E-state index in [1.165, 1.54) is 16.7 Å². The van der Waals surface area contributed by atoms with E-state index in [0.717, 1.165) is 55.5 Å². The lowest BCUT2D eigenvalue weighted by Gasteiger charge is -2.48. The van der Waals surface area contributed by atoms with Gasteiger partial charge in [-0.15, -0.1) is 11.3 Å². The highest BCUT2D eigenvalue weighted by Gasteiger charge is 2.48. The second kappa shape index (κ2) is 6.65. The fourth-order valence-electron chi connectivity index (χ4n) is 4.39. The molecule has 0 atom stereocenters. The Morgan fingerprint density at radius 3 is 2.93 bits per heavy atom. The molecule has 6 nitrogen and oxygen atoms in total. The van der Waals surface area contributed by atoms with E-state index in [-0.39, 0.29) is 0 Å². The van der Waals surface area contributed by atoms with Gasteiger partial charge < -0.3 is 4.90 Å². The topological polar surface area (TPSA) is 58.0 Å². The van der Waals surface area contributed by atoms with Gasteiger partial charge in [0.15, 0.2) is 0 Å². The standard InChI is InChI=1S/C19H21ClN6S/c1-2-14-7-15-16(22-12-23-17(15)27-14)26-6-4-19(11-26)9-25(10-19)8-13-3-5-21-18(20)24-13/h3,5,7,12H,2,4,6,8-11H2,1H3. The van der Waals surface area contributed by atoms with E-state index in [4.69, 9.17) is 11.6 Å². The summed E-state index contributed by atoms with van der Waals surface area (Å²) in [4.78, 5) is 24.7. The van der Waals surface area contributed by atoms with Crippen molar-refractivity contribution in [2.75, 3.05) is 31.1 Å². The molecule has 0 radical (unpaired) electrons. The zero-order valence-corrected chi connectivity index (χ0v) is 16.8. The van der Waals surface area contributed by atoms with Crippen molar-refractivity contribution in [3.05, 3.63) is 40.5 Å². The molecule has 0 amide bonds. The number of hydrogen-bond acceptors (Lipinski definition) is 7. The maximum atomic E-state index is 5.90. The van der Waals surface area contributed by atoms with Crippen LogP contribution in [0.4, 0.5) is 5.82 Å². The number of fused-ring (bicyclic) bond motifs is 1. The van der Waals surface area contributed by atoms with Gasteiger partial charge in [0.05, 0.1) is 11.1 Å². The Morgan fingerprint density at radius 1 is 1.22 bits per heavy atom. The van der Waals surface area contributed by atoms with Gasteiger partial charge in [0.2, 0.25) is 5.28 Å². The van der Waals surface area contributed by atoms with Gasteiger partial charge in [-0.25, -0.2) is 19.9 Å². The van der Waals surface area contributed by atoms with Gasteiger partial charge in [-0.05, 0) is 36.6 Å². The van der Waals surface area contributed by atoms with Crippen molar-refractivity contribution in [1.82, 2.24) is 24.8 Å². The van der Waals surface area contributed by atoms with E-state index in [1.54, 1.807) is 23.9 Å². The molecule has 2 aliphatic rings. The lowest BCUT2D eigenvalue weighted by molar-refractivity contribution is 0.0107. The summed E-state index contributed by atoms with van der Waals surface area (Å²) in [6, 6.07) is 4.21. The minimum atomic E-state index is 0.324. The lowest BCUT2D eigenvalue weighted by Crippen LogP contribution is -2.57. The predicted molar refractivity (Wildman–Crippen MR) is 108 cm³/mol. The first kappa shape index (κ1) is 17.3. The minimum absolute atomic E-state index is 0.324. The second-order valence-corrected chi connectivity index (χ2v) is 9.07. The maximum absolute atomic E-state index is 5.90. The van der Waals surface area contributed by atoms with E-state index < -0.39 is 0 Å². The van der Waals surface area contributed by atoms with Gasteiger partial charge in [-0.3, -0.25) is 4.90 Å². The van der Waals surface area contributed by atoms with E-state index >= 15 is 0 Å². The molecule has 0 N–H and O–H groups in total. The molecule has 140 valence electrons. The SMILES string of the molecule is CCc1cc2c(N3CCC4(CN(Cc5ccnc(Cl)n5)C4)C3)ncnc2s1. The first-order chi connectivity index (χ1) is 13.1. The molecule has 0 saturated carbocycles. The van der Waals surface area contributed by atoms with Crippen molar-refractivity contribution in [1.29, 1.82) is 0 Å². The number of thiophene rings is 1. The fraction of sp³-hybridized carbons (Fsp3) is 0.474. The molecule has 2 saturated heterocycles. The van der Waals surface area contributed by atoms with Crippen molar-refractivity contribution in [2.24, 2.45) is 5.41 Å². The summed E-state index contributed by atoms with van der Waals surface area (Å²) in [5, 5.41) is 1.54. The van der Waals surface area contributed by atoms with Crippen LogP contribution in [0.2, 0.25) is 5.28 Å². The molecule has 5 heterocycles. The number of hydrogen-bond donors (Lipinski definition) is 0. The summed E-state index contributed by atoms with van der Waals surface area (Å²) >= 11 is 7.68. The Bertz CT molecular complexity index is 983. The van der Waals surface area contributed by atoms with Crippen LogP contribution >= 0.6 is 22.9 Å². The molecule has 2 aliphatic heterocycles. The molecule has 8 heteroatoms. The van der Waals surface area contributed by atoms with E-state index in [1.807, 2.05) is 6.07 Å². The summed E-state index contributed by atoms with van der Waals surface area (Å²) < 4.78 is 0. The molecule has 3 aromatic rings. The number of nitrogens with zero attached hydrogens (tertiary/aromatic N) is 6. The van der Waals surface area contributed by atoms with Crippen LogP contribution in [0.1, 0.15) is 23.9 Å². The molecule has 5 rings (SSSR count). The highest BCUT2D eigenvalue weighted by atomic mass is 35.5. The number of anilines is 1. The highest BCUT2D eigenvalue weighted by molar-refractivity contribution is 7.18. The number of rotatable bonds is 4. The number of halogens is 1. The average molecular weight is 401 g/mol. The van der Waals surface area contributed by atoms with E-state index in [9.17, 15) is 0 Å². The van der Waals surface area contributed by atoms with Gasteiger partial charge in [-0.1, -0.05) is 6.92 Å². The summed E-state index contributed by atoms with van der Waals surface area (Å²) in [5.41, 5.74) is 1.36. The molecule has 0 aromatic carbocycles. The van der Waals surface area contributed by atoms with Crippen LogP contribution < -0.4 is 4.90 Å². The zero-order valence-electron chi connectivity index (χ0n) is 15.2. The number of aromatic nitrogens is 4. The monoisotopic (exact) mass is 400 g/mol. The van der Waals surface area contributed by atoms with Gasteiger partial charge >= 0.3 is 0 Å². The first-order valence-corrected chi connectivity index (χ1v) is 10.5. The molecule has 2 fully saturated rings. The maximum Gasteiger partial charge on any atom is 0.222 e. The van der Waals surface area contributed by atoms with E-state index in [0.29, 0.717) is 10.7 Å². The van der Waals surface area contributed by atoms with Gasteiger partial charge in [0.25, 0.3) is 0 Å². The lowest BCUT2D eigenvalue weighted by atomic mass is 9.79. The molecule has 3 aromatic heterocycles. The number of aryl methyl sites for hydroxylation is 1. The van der Waals surface area contributed by atoms with Crippen LogP contribution in [0.3, 0.4) is 0 Å². The number of likely N-dealkylation sites (tertiary alicyclic amines) is 1. The van der Waals surface area contributed by atoms with Crippen molar-refractivity contribution in [3.63, 3.8) is 0 Å². The Hall–Kier alpha value is -1.83. The second-order valence-electron chi connectivity index (χ2n) is 7.62. The van der Waals surface area contributed by atoms with Gasteiger partial charge in [-0.2, -0.15) is 0 Å². The Morgan fingerprint density at radius 2 is 2.11 bits per heavy atom. The summed E-state index contributed by atoms with van der Waals surface area (Å²) in [7, 11) is 0. The third kappa shape index (κ3) is 3.17. The molecule has 27 heavy (non-hydrogen) atoms. The smallest absolute Gasteiger partial charge is 0.222 e. The van der Waals surface area contributed by atoms with Crippen molar-refractivity contribution in [2.45, 2.75) is 26.3 Å². The third-order valence-electron chi connectivity index (χ3n) is 5.63. The van der Waals surface area contributed by atoms with Crippen molar-refractivity contribution in [3.8, 4) is 0 Å². The van der Waals surface area contributed by atoms with Gasteiger partial charge in [0.1, 0.15) is 17.0 Å². The van der Waals surface area contributed by atoms with E-state index in [2.05, 4.69) is 42.7 Å². The molecule has 0 bridgehead atoms. The predicted octanol–water partition coefficient (Wildman–Crippen LogP) is 3.41. The van der Waals surface area contributed by atoms with Crippen LogP contribution in [-0.4, -0.2) is 51.0 Å². The van der Waals surface area contributed by atoms with Crippen molar-refractivity contribution < 1.29 is 0 Å². The first-order valence-electron chi connectivity index (χ1n) is 9.32. The summed E-state index contributed by atoms with van der Waals surface area (Å²) in [6.45, 7) is 7.36. The quantitative estimate of drug-likeness (QED) is 0.625.